The number of aryl methyl sites for hydroxylation is 1. The van der Waals surface area contributed by atoms with Gasteiger partial charge in [-0.3, -0.25) is 9.59 Å². The molecule has 0 aromatic carbocycles. The van der Waals surface area contributed by atoms with E-state index in [0.29, 0.717) is 18.3 Å². The molecule has 1 fully saturated rings. The second-order valence-electron chi connectivity index (χ2n) is 5.03. The lowest BCUT2D eigenvalue weighted by atomic mass is 10.1. The molecule has 1 aromatic heterocycles. The van der Waals surface area contributed by atoms with Gasteiger partial charge in [0, 0.05) is 25.5 Å². The number of rotatable bonds is 5. The fourth-order valence-corrected chi connectivity index (χ4v) is 2.97. The molecule has 6 nitrogen and oxygen atoms in total. The number of carbonyl (C=O) groups is 2. The first kappa shape index (κ1) is 14.9. The number of anilines is 1. The van der Waals surface area contributed by atoms with Gasteiger partial charge in [-0.1, -0.05) is 0 Å². The highest BCUT2D eigenvalue weighted by molar-refractivity contribution is 7.13. The van der Waals surface area contributed by atoms with Gasteiger partial charge >= 0.3 is 0 Å². The molecule has 7 heteroatoms. The van der Waals surface area contributed by atoms with Gasteiger partial charge in [0.2, 0.25) is 11.8 Å². The number of hydrogen-bond acceptors (Lipinski definition) is 5. The molecule has 0 bridgehead atoms. The van der Waals surface area contributed by atoms with Crippen molar-refractivity contribution in [1.29, 1.82) is 0 Å². The molecule has 2 amide bonds. The molecule has 110 valence electrons. The zero-order valence-electron chi connectivity index (χ0n) is 11.9. The predicted octanol–water partition coefficient (Wildman–Crippen LogP) is 1.27. The summed E-state index contributed by atoms with van der Waals surface area (Å²) >= 11 is 1.39. The highest BCUT2D eigenvalue weighted by Gasteiger charge is 2.36. The molecule has 20 heavy (non-hydrogen) atoms. The average molecular weight is 297 g/mol. The maximum atomic E-state index is 12.1. The van der Waals surface area contributed by atoms with Gasteiger partial charge in [0.15, 0.2) is 5.13 Å². The Hall–Kier alpha value is -1.47. The van der Waals surface area contributed by atoms with Crippen molar-refractivity contribution in [2.75, 3.05) is 25.6 Å². The molecule has 1 aromatic rings. The Labute approximate surface area is 122 Å². The number of thiazole rings is 1. The third-order valence-corrected chi connectivity index (χ3v) is 4.19. The maximum Gasteiger partial charge on any atom is 0.231 e. The van der Waals surface area contributed by atoms with Crippen molar-refractivity contribution < 1.29 is 14.3 Å². The highest BCUT2D eigenvalue weighted by Crippen LogP contribution is 2.23. The SMILES string of the molecule is COC[C@H](C)N1C[C@H](C(=O)Nc2nc(C)cs2)CC1=O. The number of carbonyl (C=O) groups excluding carboxylic acids is 2. The largest absolute Gasteiger partial charge is 0.383 e. The smallest absolute Gasteiger partial charge is 0.231 e. The van der Waals surface area contributed by atoms with Crippen molar-refractivity contribution in [1.82, 2.24) is 9.88 Å². The van der Waals surface area contributed by atoms with E-state index in [0.717, 1.165) is 5.69 Å². The summed E-state index contributed by atoms with van der Waals surface area (Å²) in [5, 5.41) is 5.24. The summed E-state index contributed by atoms with van der Waals surface area (Å²) in [6, 6.07) is -0.00703. The number of likely N-dealkylation sites (tertiary alicyclic amines) is 1. The second-order valence-corrected chi connectivity index (χ2v) is 5.89. The quantitative estimate of drug-likeness (QED) is 0.888. The van der Waals surface area contributed by atoms with Gasteiger partial charge in [-0.25, -0.2) is 4.98 Å². The molecule has 0 spiro atoms. The van der Waals surface area contributed by atoms with Crippen LogP contribution < -0.4 is 5.32 Å². The average Bonchev–Trinajstić information content (AvgIpc) is 2.96. The van der Waals surface area contributed by atoms with Crippen molar-refractivity contribution in [3.8, 4) is 0 Å². The monoisotopic (exact) mass is 297 g/mol. The van der Waals surface area contributed by atoms with Crippen LogP contribution in [0.15, 0.2) is 5.38 Å². The van der Waals surface area contributed by atoms with Crippen LogP contribution in [0, 0.1) is 12.8 Å². The van der Waals surface area contributed by atoms with E-state index >= 15 is 0 Å². The lowest BCUT2D eigenvalue weighted by Crippen LogP contribution is -2.38. The molecule has 1 aliphatic rings. The van der Waals surface area contributed by atoms with E-state index in [4.69, 9.17) is 4.74 Å². The van der Waals surface area contributed by atoms with Crippen molar-refractivity contribution in [2.45, 2.75) is 26.3 Å². The van der Waals surface area contributed by atoms with E-state index in [2.05, 4.69) is 10.3 Å². The Morgan fingerprint density at radius 3 is 3.05 bits per heavy atom. The van der Waals surface area contributed by atoms with Gasteiger partial charge in [0.05, 0.1) is 24.3 Å². The Morgan fingerprint density at radius 2 is 2.45 bits per heavy atom. The zero-order chi connectivity index (χ0) is 14.7. The third-order valence-electron chi connectivity index (χ3n) is 3.32. The van der Waals surface area contributed by atoms with Crippen LogP contribution >= 0.6 is 11.3 Å². The Bertz CT molecular complexity index is 503. The molecule has 0 saturated carbocycles. The van der Waals surface area contributed by atoms with Crippen LogP contribution in [0.4, 0.5) is 5.13 Å². The molecule has 0 aliphatic carbocycles. The first-order valence-corrected chi connectivity index (χ1v) is 7.40. The third kappa shape index (κ3) is 3.34. The van der Waals surface area contributed by atoms with Crippen molar-refractivity contribution >= 4 is 28.3 Å². The number of nitrogens with one attached hydrogen (secondary N) is 1. The first-order chi connectivity index (χ1) is 9.51. The fourth-order valence-electron chi connectivity index (χ4n) is 2.28. The first-order valence-electron chi connectivity index (χ1n) is 6.52. The van der Waals surface area contributed by atoms with E-state index < -0.39 is 0 Å². The van der Waals surface area contributed by atoms with Crippen LogP contribution in [0.1, 0.15) is 19.0 Å². The van der Waals surface area contributed by atoms with Gasteiger partial charge < -0.3 is 15.0 Å². The van der Waals surface area contributed by atoms with E-state index in [1.807, 2.05) is 19.2 Å². The van der Waals surface area contributed by atoms with Crippen molar-refractivity contribution in [2.24, 2.45) is 5.92 Å². The number of ether oxygens (including phenoxy) is 1. The highest BCUT2D eigenvalue weighted by atomic mass is 32.1. The summed E-state index contributed by atoms with van der Waals surface area (Å²) in [5.74, 6) is -0.448. The summed E-state index contributed by atoms with van der Waals surface area (Å²) in [4.78, 5) is 30.0. The van der Waals surface area contributed by atoms with E-state index in [1.54, 1.807) is 12.0 Å². The van der Waals surface area contributed by atoms with Crippen LogP contribution in [0.3, 0.4) is 0 Å². The minimum atomic E-state index is -0.314. The standard InChI is InChI=1S/C13H19N3O3S/c1-8-7-20-13(14-8)15-12(18)10-4-11(17)16(5-10)9(2)6-19-3/h7,9-10H,4-6H2,1-3H3,(H,14,15,18)/t9-,10+/m0/s1. The molecular weight excluding hydrogens is 278 g/mol. The van der Waals surface area contributed by atoms with E-state index in [-0.39, 0.29) is 30.2 Å². The minimum Gasteiger partial charge on any atom is -0.383 e. The number of nitrogens with zero attached hydrogens (tertiary/aromatic N) is 2. The molecule has 1 saturated heterocycles. The van der Waals surface area contributed by atoms with Crippen LogP contribution in [0.2, 0.25) is 0 Å². The van der Waals surface area contributed by atoms with Crippen LogP contribution in [0.5, 0.6) is 0 Å². The minimum absolute atomic E-state index is 0.00465. The van der Waals surface area contributed by atoms with Crippen LogP contribution in [-0.4, -0.2) is 48.0 Å². The van der Waals surface area contributed by atoms with Gasteiger partial charge in [-0.15, -0.1) is 11.3 Å². The second kappa shape index (κ2) is 6.32. The molecule has 0 radical (unpaired) electrons. The lowest BCUT2D eigenvalue weighted by molar-refractivity contribution is -0.130. The van der Waals surface area contributed by atoms with Crippen molar-refractivity contribution in [3.63, 3.8) is 0 Å². The lowest BCUT2D eigenvalue weighted by Gasteiger charge is -2.23. The summed E-state index contributed by atoms with van der Waals surface area (Å²) in [5.41, 5.74) is 0.878. The number of aromatic nitrogens is 1. The predicted molar refractivity (Wildman–Crippen MR) is 76.6 cm³/mol. The zero-order valence-corrected chi connectivity index (χ0v) is 12.7. The molecule has 0 unspecified atom stereocenters. The number of amides is 2. The van der Waals surface area contributed by atoms with Gasteiger partial charge in [0.1, 0.15) is 0 Å². The number of methoxy groups -OCH3 is 1. The molecule has 2 heterocycles. The summed E-state index contributed by atoms with van der Waals surface area (Å²) in [6.07, 6.45) is 0.254. The Kier molecular flexibility index (Phi) is 4.72. The number of hydrogen-bond donors (Lipinski definition) is 1. The Balaban J connectivity index is 1.94. The summed E-state index contributed by atoms with van der Waals surface area (Å²) in [7, 11) is 1.60. The topological polar surface area (TPSA) is 71.5 Å². The van der Waals surface area contributed by atoms with Crippen LogP contribution in [0.25, 0.3) is 0 Å². The van der Waals surface area contributed by atoms with Gasteiger partial charge in [0.25, 0.3) is 0 Å². The molecule has 1 N–H and O–H groups in total. The summed E-state index contributed by atoms with van der Waals surface area (Å²) in [6.45, 7) is 4.72. The molecule has 2 atom stereocenters. The Morgan fingerprint density at radius 1 is 1.70 bits per heavy atom. The van der Waals surface area contributed by atoms with E-state index in [1.165, 1.54) is 11.3 Å². The fraction of sp³-hybridized carbons (Fsp3) is 0.615. The molecular formula is C13H19N3O3S. The van der Waals surface area contributed by atoms with Crippen molar-refractivity contribution in [3.05, 3.63) is 11.1 Å². The van der Waals surface area contributed by atoms with Gasteiger partial charge in [-0.2, -0.15) is 0 Å². The van der Waals surface area contributed by atoms with E-state index in [9.17, 15) is 9.59 Å². The molecule has 1 aliphatic heterocycles. The normalized spacial score (nSPS) is 20.2. The van der Waals surface area contributed by atoms with Crippen LogP contribution in [-0.2, 0) is 14.3 Å². The summed E-state index contributed by atoms with van der Waals surface area (Å²) < 4.78 is 5.06. The maximum absolute atomic E-state index is 12.1. The van der Waals surface area contributed by atoms with Gasteiger partial charge in [-0.05, 0) is 13.8 Å². The molecule has 2 rings (SSSR count).